The Labute approximate surface area is 91.8 Å². The zero-order valence-electron chi connectivity index (χ0n) is 9.95. The molecule has 1 atom stereocenters. The van der Waals surface area contributed by atoms with Crippen LogP contribution >= 0.6 is 0 Å². The van der Waals surface area contributed by atoms with Gasteiger partial charge in [0.15, 0.2) is 0 Å². The van der Waals surface area contributed by atoms with E-state index in [1.54, 1.807) is 4.90 Å². The average molecular weight is 214 g/mol. The summed E-state index contributed by atoms with van der Waals surface area (Å²) in [5, 5.41) is 0. The first-order valence-electron chi connectivity index (χ1n) is 5.57. The summed E-state index contributed by atoms with van der Waals surface area (Å²) in [6, 6.07) is 0. The minimum Gasteiger partial charge on any atom is -0.453 e. The van der Waals surface area contributed by atoms with Crippen molar-refractivity contribution in [3.63, 3.8) is 0 Å². The van der Waals surface area contributed by atoms with Gasteiger partial charge in [-0.1, -0.05) is 0 Å². The molecule has 1 unspecified atom stereocenters. The number of methoxy groups -OCH3 is 1. The first-order valence-corrected chi connectivity index (χ1v) is 5.57. The standard InChI is InChI=1S/C11H22N2O2/c1-11(2,12)9-5-4-7-13(8-6-9)10(14)15-3/h9H,4-8,12H2,1-3H3. The number of hydrogen-bond donors (Lipinski definition) is 1. The Hall–Kier alpha value is -0.770. The van der Waals surface area contributed by atoms with E-state index < -0.39 is 0 Å². The molecular formula is C11H22N2O2. The molecule has 1 saturated heterocycles. The van der Waals surface area contributed by atoms with E-state index in [1.807, 2.05) is 0 Å². The fourth-order valence-corrected chi connectivity index (χ4v) is 2.15. The summed E-state index contributed by atoms with van der Waals surface area (Å²) in [4.78, 5) is 13.1. The maximum atomic E-state index is 11.3. The number of likely N-dealkylation sites (tertiary alicyclic amines) is 1. The van der Waals surface area contributed by atoms with E-state index in [0.717, 1.165) is 32.4 Å². The van der Waals surface area contributed by atoms with Crippen LogP contribution in [0.1, 0.15) is 33.1 Å². The molecule has 0 saturated carbocycles. The van der Waals surface area contributed by atoms with E-state index in [9.17, 15) is 4.79 Å². The monoisotopic (exact) mass is 214 g/mol. The number of ether oxygens (including phenoxy) is 1. The predicted octanol–water partition coefficient (Wildman–Crippen LogP) is 1.59. The fraction of sp³-hybridized carbons (Fsp3) is 0.909. The Morgan fingerprint density at radius 1 is 1.40 bits per heavy atom. The van der Waals surface area contributed by atoms with Crippen molar-refractivity contribution in [3.8, 4) is 0 Å². The lowest BCUT2D eigenvalue weighted by molar-refractivity contribution is 0.124. The van der Waals surface area contributed by atoms with E-state index in [2.05, 4.69) is 13.8 Å². The zero-order chi connectivity index (χ0) is 11.5. The van der Waals surface area contributed by atoms with Crippen molar-refractivity contribution in [2.45, 2.75) is 38.6 Å². The maximum absolute atomic E-state index is 11.3. The number of hydrogen-bond acceptors (Lipinski definition) is 3. The maximum Gasteiger partial charge on any atom is 0.409 e. The topological polar surface area (TPSA) is 55.6 Å². The molecule has 0 aliphatic carbocycles. The lowest BCUT2D eigenvalue weighted by Crippen LogP contribution is -2.41. The molecule has 4 nitrogen and oxygen atoms in total. The van der Waals surface area contributed by atoms with Crippen molar-refractivity contribution in [1.82, 2.24) is 4.90 Å². The predicted molar refractivity (Wildman–Crippen MR) is 59.6 cm³/mol. The van der Waals surface area contributed by atoms with Gasteiger partial charge in [0.05, 0.1) is 7.11 Å². The van der Waals surface area contributed by atoms with Crippen molar-refractivity contribution in [3.05, 3.63) is 0 Å². The quantitative estimate of drug-likeness (QED) is 0.721. The summed E-state index contributed by atoms with van der Waals surface area (Å²) in [6.07, 6.45) is 2.86. The molecule has 0 radical (unpaired) electrons. The fourth-order valence-electron chi connectivity index (χ4n) is 2.15. The van der Waals surface area contributed by atoms with Crippen molar-refractivity contribution in [1.29, 1.82) is 0 Å². The molecule has 1 fully saturated rings. The van der Waals surface area contributed by atoms with Crippen LogP contribution in [0, 0.1) is 5.92 Å². The highest BCUT2D eigenvalue weighted by atomic mass is 16.5. The summed E-state index contributed by atoms with van der Waals surface area (Å²) in [5.74, 6) is 0.493. The second-order valence-electron chi connectivity index (χ2n) is 4.91. The van der Waals surface area contributed by atoms with Gasteiger partial charge in [0.2, 0.25) is 0 Å². The number of carbonyl (C=O) groups excluding carboxylic acids is 1. The first-order chi connectivity index (χ1) is 6.95. The molecule has 0 bridgehead atoms. The van der Waals surface area contributed by atoms with Gasteiger partial charge in [-0.25, -0.2) is 4.79 Å². The van der Waals surface area contributed by atoms with Crippen LogP contribution in [0.3, 0.4) is 0 Å². The highest BCUT2D eigenvalue weighted by Gasteiger charge is 2.28. The second kappa shape index (κ2) is 4.84. The third-order valence-corrected chi connectivity index (χ3v) is 3.21. The lowest BCUT2D eigenvalue weighted by atomic mass is 9.83. The first kappa shape index (κ1) is 12.3. The summed E-state index contributed by atoms with van der Waals surface area (Å²) in [5.41, 5.74) is 5.95. The van der Waals surface area contributed by atoms with Gasteiger partial charge in [-0.3, -0.25) is 0 Å². The van der Waals surface area contributed by atoms with Gasteiger partial charge >= 0.3 is 6.09 Å². The molecule has 88 valence electrons. The number of amides is 1. The third-order valence-electron chi connectivity index (χ3n) is 3.21. The zero-order valence-corrected chi connectivity index (χ0v) is 9.95. The van der Waals surface area contributed by atoms with E-state index in [1.165, 1.54) is 7.11 Å². The molecule has 1 aliphatic rings. The lowest BCUT2D eigenvalue weighted by Gasteiger charge is -2.29. The van der Waals surface area contributed by atoms with Gasteiger partial charge < -0.3 is 15.4 Å². The normalized spacial score (nSPS) is 23.5. The Morgan fingerprint density at radius 2 is 2.07 bits per heavy atom. The molecule has 0 aromatic heterocycles. The molecule has 2 N–H and O–H groups in total. The van der Waals surface area contributed by atoms with Gasteiger partial charge in [-0.2, -0.15) is 0 Å². The molecule has 0 aromatic carbocycles. The highest BCUT2D eigenvalue weighted by molar-refractivity contribution is 5.67. The molecule has 4 heteroatoms. The van der Waals surface area contributed by atoms with E-state index in [0.29, 0.717) is 5.92 Å². The summed E-state index contributed by atoms with van der Waals surface area (Å²) in [7, 11) is 1.43. The van der Waals surface area contributed by atoms with Crippen LogP contribution in [0.5, 0.6) is 0 Å². The summed E-state index contributed by atoms with van der Waals surface area (Å²) in [6.45, 7) is 5.67. The second-order valence-corrected chi connectivity index (χ2v) is 4.91. The van der Waals surface area contributed by atoms with Crippen LogP contribution in [0.2, 0.25) is 0 Å². The molecule has 0 spiro atoms. The Balaban J connectivity index is 2.52. The molecule has 1 aliphatic heterocycles. The highest BCUT2D eigenvalue weighted by Crippen LogP contribution is 2.26. The number of carbonyl (C=O) groups is 1. The number of nitrogens with two attached hydrogens (primary N) is 1. The van der Waals surface area contributed by atoms with Crippen LogP contribution in [0.4, 0.5) is 4.79 Å². The molecule has 15 heavy (non-hydrogen) atoms. The van der Waals surface area contributed by atoms with Crippen molar-refractivity contribution < 1.29 is 9.53 Å². The van der Waals surface area contributed by atoms with Crippen LogP contribution in [0.15, 0.2) is 0 Å². The molecule has 1 rings (SSSR count). The van der Waals surface area contributed by atoms with Gasteiger partial charge in [0.25, 0.3) is 0 Å². The van der Waals surface area contributed by atoms with Crippen LogP contribution < -0.4 is 5.73 Å². The minimum absolute atomic E-state index is 0.147. The van der Waals surface area contributed by atoms with Gasteiger partial charge in [-0.05, 0) is 39.0 Å². The van der Waals surface area contributed by atoms with Crippen molar-refractivity contribution >= 4 is 6.09 Å². The number of rotatable bonds is 1. The molecule has 1 amide bonds. The largest absolute Gasteiger partial charge is 0.453 e. The summed E-state index contributed by atoms with van der Waals surface area (Å²) >= 11 is 0. The van der Waals surface area contributed by atoms with Gasteiger partial charge in [0, 0.05) is 18.6 Å². The van der Waals surface area contributed by atoms with Crippen molar-refractivity contribution in [2.75, 3.05) is 20.2 Å². The van der Waals surface area contributed by atoms with Crippen LogP contribution in [0.25, 0.3) is 0 Å². The molecular weight excluding hydrogens is 192 g/mol. The molecule has 1 heterocycles. The summed E-state index contributed by atoms with van der Waals surface area (Å²) < 4.78 is 4.72. The van der Waals surface area contributed by atoms with Crippen LogP contribution in [-0.2, 0) is 4.74 Å². The van der Waals surface area contributed by atoms with Crippen LogP contribution in [-0.4, -0.2) is 36.7 Å². The van der Waals surface area contributed by atoms with Gasteiger partial charge in [0.1, 0.15) is 0 Å². The Kier molecular flexibility index (Phi) is 3.97. The van der Waals surface area contributed by atoms with E-state index in [4.69, 9.17) is 10.5 Å². The molecule has 0 aromatic rings. The van der Waals surface area contributed by atoms with E-state index >= 15 is 0 Å². The smallest absolute Gasteiger partial charge is 0.409 e. The van der Waals surface area contributed by atoms with E-state index in [-0.39, 0.29) is 11.6 Å². The number of nitrogens with zero attached hydrogens (tertiary/aromatic N) is 1. The Bertz CT molecular complexity index is 223. The van der Waals surface area contributed by atoms with Crippen molar-refractivity contribution in [2.24, 2.45) is 11.7 Å². The SMILES string of the molecule is COC(=O)N1CCCC(C(C)(C)N)CC1. The minimum atomic E-state index is -0.217. The third kappa shape index (κ3) is 3.38. The van der Waals surface area contributed by atoms with Gasteiger partial charge in [-0.15, -0.1) is 0 Å². The average Bonchev–Trinajstić information content (AvgIpc) is 2.40. The Morgan fingerprint density at radius 3 is 2.60 bits per heavy atom.